The number of hydrogen-bond acceptors (Lipinski definition) is 2. The topological polar surface area (TPSA) is 24.1 Å². The molecule has 152 valence electrons. The van der Waals surface area contributed by atoms with E-state index in [2.05, 4.69) is 73.0 Å². The van der Waals surface area contributed by atoms with Crippen LogP contribution in [0.4, 0.5) is 0 Å². The lowest BCUT2D eigenvalue weighted by Crippen LogP contribution is -2.30. The van der Waals surface area contributed by atoms with Gasteiger partial charge < -0.3 is 10.6 Å². The van der Waals surface area contributed by atoms with Gasteiger partial charge in [-0.15, -0.1) is 0 Å². The highest BCUT2D eigenvalue weighted by Crippen LogP contribution is 2.28. The van der Waals surface area contributed by atoms with Crippen molar-refractivity contribution in [2.24, 2.45) is 11.8 Å². The second kappa shape index (κ2) is 11.4. The van der Waals surface area contributed by atoms with Crippen molar-refractivity contribution < 1.29 is 0 Å². The molecule has 2 nitrogen and oxygen atoms in total. The molecule has 0 radical (unpaired) electrons. The van der Waals surface area contributed by atoms with Gasteiger partial charge in [0.05, 0.1) is 0 Å². The largest absolute Gasteiger partial charge is 0.312 e. The molecule has 2 N–H and O–H groups in total. The molecule has 0 aromatic heterocycles. The van der Waals surface area contributed by atoms with Crippen molar-refractivity contribution in [3.63, 3.8) is 0 Å². The Morgan fingerprint density at radius 3 is 1.32 bits per heavy atom. The third-order valence-corrected chi connectivity index (χ3v) is 6.46. The molecular weight excluding hydrogens is 340 g/mol. The Bertz CT molecular complexity index is 640. The molecule has 0 unspecified atom stereocenters. The fourth-order valence-electron chi connectivity index (χ4n) is 4.61. The summed E-state index contributed by atoms with van der Waals surface area (Å²) in [4.78, 5) is 0. The van der Waals surface area contributed by atoms with Gasteiger partial charge in [0.2, 0.25) is 0 Å². The molecule has 2 heteroatoms. The third kappa shape index (κ3) is 6.18. The number of rotatable bonds is 10. The molecule has 0 amide bonds. The molecular formula is C26H38N2. The normalized spacial score (nSPS) is 19.6. The van der Waals surface area contributed by atoms with Crippen molar-refractivity contribution in [1.29, 1.82) is 0 Å². The van der Waals surface area contributed by atoms with Crippen molar-refractivity contribution in [1.82, 2.24) is 10.6 Å². The Morgan fingerprint density at radius 1 is 0.607 bits per heavy atom. The fraction of sp³-hybridized carbons (Fsp3) is 0.538. The van der Waals surface area contributed by atoms with E-state index >= 15 is 0 Å². The van der Waals surface area contributed by atoms with E-state index in [1.54, 1.807) is 0 Å². The van der Waals surface area contributed by atoms with Gasteiger partial charge in [-0.2, -0.15) is 0 Å². The molecule has 0 atom stereocenters. The summed E-state index contributed by atoms with van der Waals surface area (Å²) in [6.07, 6.45) is 7.75. The Labute approximate surface area is 172 Å². The van der Waals surface area contributed by atoms with Gasteiger partial charge in [-0.25, -0.2) is 0 Å². The minimum atomic E-state index is 0.853. The van der Waals surface area contributed by atoms with Crippen LogP contribution in [0.5, 0.6) is 0 Å². The Hall–Kier alpha value is -1.64. The van der Waals surface area contributed by atoms with Crippen molar-refractivity contribution in [2.45, 2.75) is 65.5 Å². The quantitative estimate of drug-likeness (QED) is 0.571. The minimum absolute atomic E-state index is 0.853. The van der Waals surface area contributed by atoms with Gasteiger partial charge in [0, 0.05) is 13.1 Å². The van der Waals surface area contributed by atoms with Crippen LogP contribution < -0.4 is 10.6 Å². The number of aryl methyl sites for hydroxylation is 2. The van der Waals surface area contributed by atoms with Crippen molar-refractivity contribution in [3.05, 3.63) is 70.8 Å². The maximum absolute atomic E-state index is 3.72. The highest BCUT2D eigenvalue weighted by Gasteiger charge is 2.20. The van der Waals surface area contributed by atoms with Gasteiger partial charge >= 0.3 is 0 Å². The number of benzene rings is 2. The van der Waals surface area contributed by atoms with Crippen LogP contribution in [-0.2, 0) is 25.9 Å². The zero-order valence-corrected chi connectivity index (χ0v) is 17.8. The molecule has 0 spiro atoms. The number of nitrogens with one attached hydrogen (secondary N) is 2. The van der Waals surface area contributed by atoms with E-state index in [0.717, 1.165) is 37.8 Å². The van der Waals surface area contributed by atoms with Crippen LogP contribution in [0.1, 0.15) is 61.8 Å². The third-order valence-electron chi connectivity index (χ3n) is 6.46. The molecule has 1 saturated carbocycles. The van der Waals surface area contributed by atoms with Crippen LogP contribution in [-0.4, -0.2) is 13.1 Å². The maximum Gasteiger partial charge on any atom is 0.0208 e. The standard InChI is InChI=1S/C26H38N2/c1-3-23-9-5-7-11-25(23)19-27-17-21-13-15-22(16-14-21)18-28-20-26-12-8-6-10-24(26)4-2/h5-12,21-22,27-28H,3-4,13-20H2,1-2H3. The van der Waals surface area contributed by atoms with E-state index < -0.39 is 0 Å². The Morgan fingerprint density at radius 2 is 0.964 bits per heavy atom. The molecule has 0 heterocycles. The summed E-state index contributed by atoms with van der Waals surface area (Å²) >= 11 is 0. The molecule has 2 aromatic carbocycles. The van der Waals surface area contributed by atoms with Crippen LogP contribution in [0, 0.1) is 11.8 Å². The van der Waals surface area contributed by atoms with E-state index in [1.165, 1.54) is 61.0 Å². The van der Waals surface area contributed by atoms with Crippen LogP contribution >= 0.6 is 0 Å². The SMILES string of the molecule is CCc1ccccc1CNCC1CCC(CNCc2ccccc2CC)CC1. The van der Waals surface area contributed by atoms with E-state index in [9.17, 15) is 0 Å². The van der Waals surface area contributed by atoms with Crippen molar-refractivity contribution >= 4 is 0 Å². The smallest absolute Gasteiger partial charge is 0.0208 e. The first-order chi connectivity index (χ1) is 13.8. The van der Waals surface area contributed by atoms with Crippen LogP contribution in [0.3, 0.4) is 0 Å². The van der Waals surface area contributed by atoms with E-state index in [0.29, 0.717) is 0 Å². The minimum Gasteiger partial charge on any atom is -0.312 e. The van der Waals surface area contributed by atoms with Crippen molar-refractivity contribution in [3.8, 4) is 0 Å². The highest BCUT2D eigenvalue weighted by atomic mass is 14.9. The van der Waals surface area contributed by atoms with Crippen LogP contribution in [0.2, 0.25) is 0 Å². The molecule has 0 saturated heterocycles. The average molecular weight is 379 g/mol. The maximum atomic E-state index is 3.72. The molecule has 0 bridgehead atoms. The van der Waals surface area contributed by atoms with Crippen LogP contribution in [0.15, 0.2) is 48.5 Å². The summed E-state index contributed by atoms with van der Waals surface area (Å²) in [6, 6.07) is 17.7. The average Bonchev–Trinajstić information content (AvgIpc) is 2.75. The molecule has 2 aromatic rings. The van der Waals surface area contributed by atoms with Gasteiger partial charge in [-0.3, -0.25) is 0 Å². The second-order valence-corrected chi connectivity index (χ2v) is 8.39. The summed E-state index contributed by atoms with van der Waals surface area (Å²) in [6.45, 7) is 8.86. The van der Waals surface area contributed by atoms with Gasteiger partial charge in [0.1, 0.15) is 0 Å². The predicted molar refractivity (Wildman–Crippen MR) is 121 cm³/mol. The van der Waals surface area contributed by atoms with E-state index in [-0.39, 0.29) is 0 Å². The molecule has 1 aliphatic carbocycles. The molecule has 1 fully saturated rings. The summed E-state index contributed by atoms with van der Waals surface area (Å²) < 4.78 is 0. The van der Waals surface area contributed by atoms with Gasteiger partial charge in [0.15, 0.2) is 0 Å². The first-order valence-corrected chi connectivity index (χ1v) is 11.3. The first-order valence-electron chi connectivity index (χ1n) is 11.3. The Kier molecular flexibility index (Phi) is 8.57. The predicted octanol–water partition coefficient (Wildman–Crippen LogP) is 5.50. The summed E-state index contributed by atoms with van der Waals surface area (Å²) in [7, 11) is 0. The van der Waals surface area contributed by atoms with Gasteiger partial charge in [-0.1, -0.05) is 62.4 Å². The number of hydrogen-bond donors (Lipinski definition) is 2. The molecule has 1 aliphatic rings. The zero-order chi connectivity index (χ0) is 19.6. The molecule has 3 rings (SSSR count). The zero-order valence-electron chi connectivity index (χ0n) is 17.8. The van der Waals surface area contributed by atoms with Gasteiger partial charge in [-0.05, 0) is 85.7 Å². The fourth-order valence-corrected chi connectivity index (χ4v) is 4.61. The van der Waals surface area contributed by atoms with Crippen LogP contribution in [0.25, 0.3) is 0 Å². The monoisotopic (exact) mass is 378 g/mol. The lowest BCUT2D eigenvalue weighted by molar-refractivity contribution is 0.260. The second-order valence-electron chi connectivity index (χ2n) is 8.39. The summed E-state index contributed by atoms with van der Waals surface area (Å²) in [5.74, 6) is 1.71. The van der Waals surface area contributed by atoms with Crippen molar-refractivity contribution in [2.75, 3.05) is 13.1 Å². The lowest BCUT2D eigenvalue weighted by Gasteiger charge is -2.29. The van der Waals surface area contributed by atoms with Gasteiger partial charge in [0.25, 0.3) is 0 Å². The van der Waals surface area contributed by atoms with E-state index in [4.69, 9.17) is 0 Å². The summed E-state index contributed by atoms with van der Waals surface area (Å²) in [5, 5.41) is 7.45. The molecule has 28 heavy (non-hydrogen) atoms. The Balaban J connectivity index is 1.32. The van der Waals surface area contributed by atoms with E-state index in [1.807, 2.05) is 0 Å². The lowest BCUT2D eigenvalue weighted by atomic mass is 9.82. The molecule has 0 aliphatic heterocycles. The summed E-state index contributed by atoms with van der Waals surface area (Å²) in [5.41, 5.74) is 5.90. The highest BCUT2D eigenvalue weighted by molar-refractivity contribution is 5.27. The first kappa shape index (κ1) is 21.1.